The highest BCUT2D eigenvalue weighted by Crippen LogP contribution is 2.18. The average Bonchev–Trinajstić information content (AvgIpc) is 2.93. The van der Waals surface area contributed by atoms with E-state index in [1.165, 1.54) is 4.68 Å². The number of nitro groups is 1. The first-order valence-corrected chi connectivity index (χ1v) is 6.06. The Morgan fingerprint density at radius 1 is 1.70 bits per heavy atom. The van der Waals surface area contributed by atoms with Gasteiger partial charge in [0.25, 0.3) is 4.73 Å². The number of halogens is 1. The lowest BCUT2D eigenvalue weighted by Crippen LogP contribution is -2.30. The van der Waals surface area contributed by atoms with E-state index in [0.29, 0.717) is 11.3 Å². The maximum Gasteiger partial charge on any atom is 0.492 e. The van der Waals surface area contributed by atoms with Crippen molar-refractivity contribution in [3.05, 3.63) is 38.0 Å². The van der Waals surface area contributed by atoms with Crippen LogP contribution in [-0.4, -0.2) is 25.6 Å². The number of aryl methyl sites for hydroxylation is 1. The van der Waals surface area contributed by atoms with Gasteiger partial charge >= 0.3 is 11.9 Å². The molecule has 0 aliphatic heterocycles. The Morgan fingerprint density at radius 2 is 2.40 bits per heavy atom. The maximum absolute atomic E-state index is 11.4. The minimum atomic E-state index is -0.706. The molecule has 2 aromatic heterocycles. The number of hydrogen-bond donors (Lipinski definition) is 2. The Bertz CT molecular complexity index is 678. The third kappa shape index (κ3) is 2.67. The Balaban J connectivity index is 2.26. The number of nitrogen functional groups attached to an aromatic ring is 1. The van der Waals surface area contributed by atoms with E-state index < -0.39 is 16.8 Å². The normalized spacial score (nSPS) is 10.6. The van der Waals surface area contributed by atoms with Crippen LogP contribution in [0.5, 0.6) is 0 Å². The van der Waals surface area contributed by atoms with Crippen molar-refractivity contribution in [1.82, 2.24) is 20.2 Å². The number of hydrazine groups is 1. The number of carbonyl (C=O) groups excluding carboxylic acids is 1. The van der Waals surface area contributed by atoms with Gasteiger partial charge in [0.1, 0.15) is 12.3 Å². The van der Waals surface area contributed by atoms with Crippen molar-refractivity contribution >= 4 is 27.8 Å². The van der Waals surface area contributed by atoms with E-state index in [4.69, 9.17) is 10.3 Å². The summed E-state index contributed by atoms with van der Waals surface area (Å²) in [7, 11) is 0. The topological polar surface area (TPSA) is 142 Å². The van der Waals surface area contributed by atoms with Gasteiger partial charge in [-0.25, -0.2) is 5.84 Å². The Kier molecular flexibility index (Phi) is 3.81. The quantitative estimate of drug-likeness (QED) is 0.355. The molecule has 0 aliphatic rings. The van der Waals surface area contributed by atoms with Crippen molar-refractivity contribution in [3.63, 3.8) is 0 Å². The molecule has 0 saturated carbocycles. The van der Waals surface area contributed by atoms with Crippen LogP contribution in [0.4, 0.5) is 5.95 Å². The molecule has 2 aromatic rings. The van der Waals surface area contributed by atoms with Crippen molar-refractivity contribution in [2.45, 2.75) is 13.5 Å². The molecule has 3 N–H and O–H groups in total. The number of rotatable bonds is 4. The van der Waals surface area contributed by atoms with Gasteiger partial charge in [-0.3, -0.25) is 10.2 Å². The van der Waals surface area contributed by atoms with E-state index in [2.05, 4.69) is 26.0 Å². The van der Waals surface area contributed by atoms with Crippen LogP contribution in [0, 0.1) is 17.0 Å². The van der Waals surface area contributed by atoms with Gasteiger partial charge < -0.3 is 14.5 Å². The summed E-state index contributed by atoms with van der Waals surface area (Å²) in [5, 5.41) is 14.2. The molecule has 0 atom stereocenters. The molecule has 0 aromatic carbocycles. The third-order valence-corrected chi connectivity index (χ3v) is 2.98. The number of nitrogens with two attached hydrogens (primary N) is 1. The van der Waals surface area contributed by atoms with Crippen LogP contribution in [0.2, 0.25) is 0 Å². The SMILES string of the molecule is Cc1cc(Cn2nc([N+](=O)[O-])nc2Br)oc1C(=O)NN. The lowest BCUT2D eigenvalue weighted by molar-refractivity contribution is -0.394. The predicted octanol–water partition coefficient (Wildman–Crippen LogP) is 0.502. The van der Waals surface area contributed by atoms with Crippen molar-refractivity contribution in [2.24, 2.45) is 5.84 Å². The second-order valence-electron chi connectivity index (χ2n) is 3.79. The largest absolute Gasteiger partial charge is 0.492 e. The van der Waals surface area contributed by atoms with Gasteiger partial charge in [-0.15, -0.1) is 0 Å². The first kappa shape index (κ1) is 14.1. The summed E-state index contributed by atoms with van der Waals surface area (Å²) in [6, 6.07) is 1.62. The third-order valence-electron chi connectivity index (χ3n) is 2.39. The van der Waals surface area contributed by atoms with Crippen LogP contribution in [-0.2, 0) is 6.54 Å². The van der Waals surface area contributed by atoms with Crippen molar-refractivity contribution < 1.29 is 14.1 Å². The average molecular weight is 345 g/mol. The van der Waals surface area contributed by atoms with E-state index >= 15 is 0 Å². The molecule has 20 heavy (non-hydrogen) atoms. The lowest BCUT2D eigenvalue weighted by Gasteiger charge is -1.96. The summed E-state index contributed by atoms with van der Waals surface area (Å²) >= 11 is 3.05. The van der Waals surface area contributed by atoms with Crippen LogP contribution in [0.25, 0.3) is 0 Å². The molecular weight excluding hydrogens is 336 g/mol. The zero-order valence-corrected chi connectivity index (χ0v) is 11.7. The Labute approximate surface area is 120 Å². The molecule has 0 spiro atoms. The molecule has 1 amide bonds. The van der Waals surface area contributed by atoms with Crippen LogP contribution in [0.1, 0.15) is 21.9 Å². The molecule has 0 radical (unpaired) electrons. The van der Waals surface area contributed by atoms with Gasteiger partial charge in [0.05, 0.1) is 0 Å². The zero-order valence-electron chi connectivity index (χ0n) is 10.2. The number of nitrogens with zero attached hydrogens (tertiary/aromatic N) is 4. The second kappa shape index (κ2) is 5.38. The summed E-state index contributed by atoms with van der Waals surface area (Å²) in [5.74, 6) is 4.41. The summed E-state index contributed by atoms with van der Waals surface area (Å²) in [6.45, 7) is 1.76. The molecular formula is C9H9BrN6O4. The van der Waals surface area contributed by atoms with E-state index in [1.54, 1.807) is 13.0 Å². The molecule has 2 heterocycles. The zero-order chi connectivity index (χ0) is 14.9. The first-order valence-electron chi connectivity index (χ1n) is 5.27. The summed E-state index contributed by atoms with van der Waals surface area (Å²) in [4.78, 5) is 24.9. The van der Waals surface area contributed by atoms with Crippen molar-refractivity contribution in [1.29, 1.82) is 0 Å². The van der Waals surface area contributed by atoms with E-state index in [9.17, 15) is 14.9 Å². The number of furan rings is 1. The smallest absolute Gasteiger partial charge is 0.454 e. The Hall–Kier alpha value is -2.27. The van der Waals surface area contributed by atoms with Gasteiger partial charge in [-0.2, -0.15) is 4.68 Å². The van der Waals surface area contributed by atoms with Gasteiger partial charge in [0.2, 0.25) is 0 Å². The van der Waals surface area contributed by atoms with Crippen LogP contribution in [0.3, 0.4) is 0 Å². The first-order chi connectivity index (χ1) is 9.42. The standard InChI is InChI=1S/C9H9BrN6O4/c1-4-2-5(20-6(4)7(17)13-11)3-15-8(10)12-9(14-15)16(18)19/h2H,3,11H2,1H3,(H,13,17). The van der Waals surface area contributed by atoms with Gasteiger partial charge in [-0.05, 0) is 22.9 Å². The lowest BCUT2D eigenvalue weighted by atomic mass is 10.2. The van der Waals surface area contributed by atoms with Gasteiger partial charge in [0, 0.05) is 26.6 Å². The molecule has 0 aliphatic carbocycles. The molecule has 2 rings (SSSR count). The van der Waals surface area contributed by atoms with Gasteiger partial charge in [-0.1, -0.05) is 0 Å². The van der Waals surface area contributed by atoms with Crippen LogP contribution in [0.15, 0.2) is 15.2 Å². The Morgan fingerprint density at radius 3 is 2.95 bits per heavy atom. The molecule has 0 bridgehead atoms. The molecule has 0 unspecified atom stereocenters. The van der Waals surface area contributed by atoms with E-state index in [0.717, 1.165) is 0 Å². The minimum Gasteiger partial charge on any atom is -0.454 e. The van der Waals surface area contributed by atoms with Crippen LogP contribution >= 0.6 is 15.9 Å². The molecule has 0 fully saturated rings. The number of aromatic nitrogens is 3. The highest BCUT2D eigenvalue weighted by molar-refractivity contribution is 9.10. The minimum absolute atomic E-state index is 0.0771. The summed E-state index contributed by atoms with van der Waals surface area (Å²) in [5.41, 5.74) is 2.56. The van der Waals surface area contributed by atoms with Crippen molar-refractivity contribution in [2.75, 3.05) is 0 Å². The number of carbonyl (C=O) groups is 1. The molecule has 11 heteroatoms. The fourth-order valence-electron chi connectivity index (χ4n) is 1.55. The molecule has 10 nitrogen and oxygen atoms in total. The highest BCUT2D eigenvalue weighted by atomic mass is 79.9. The fourth-order valence-corrected chi connectivity index (χ4v) is 1.92. The maximum atomic E-state index is 11.4. The van der Waals surface area contributed by atoms with Crippen molar-refractivity contribution in [3.8, 4) is 0 Å². The summed E-state index contributed by atoms with van der Waals surface area (Å²) in [6.07, 6.45) is 0. The monoisotopic (exact) mass is 344 g/mol. The van der Waals surface area contributed by atoms with E-state index in [-0.39, 0.29) is 17.0 Å². The van der Waals surface area contributed by atoms with E-state index in [1.807, 2.05) is 5.43 Å². The van der Waals surface area contributed by atoms with Gasteiger partial charge in [0.15, 0.2) is 5.76 Å². The van der Waals surface area contributed by atoms with Crippen LogP contribution < -0.4 is 11.3 Å². The molecule has 106 valence electrons. The number of nitrogens with one attached hydrogen (secondary N) is 1. The number of hydrogen-bond acceptors (Lipinski definition) is 7. The summed E-state index contributed by atoms with van der Waals surface area (Å²) < 4.78 is 6.74. The predicted molar refractivity (Wildman–Crippen MR) is 68.6 cm³/mol. The highest BCUT2D eigenvalue weighted by Gasteiger charge is 2.22. The molecule has 0 saturated heterocycles. The fraction of sp³-hybridized carbons (Fsp3) is 0.222. The second-order valence-corrected chi connectivity index (χ2v) is 4.50. The number of amides is 1.